The minimum absolute atomic E-state index is 0.337. The lowest BCUT2D eigenvalue weighted by atomic mass is 9.70. The van der Waals surface area contributed by atoms with Crippen molar-refractivity contribution in [1.82, 2.24) is 0 Å². The number of fused-ring (bicyclic) bond motifs is 2. The molecule has 1 fully saturated rings. The average Bonchev–Trinajstić information content (AvgIpc) is 2.06. The van der Waals surface area contributed by atoms with Crippen molar-refractivity contribution in [3.8, 4) is 6.07 Å². The van der Waals surface area contributed by atoms with Crippen LogP contribution in [0.1, 0.15) is 19.3 Å². The van der Waals surface area contributed by atoms with E-state index in [0.29, 0.717) is 11.8 Å². The summed E-state index contributed by atoms with van der Waals surface area (Å²) in [7, 11) is 0. The second-order valence-corrected chi connectivity index (χ2v) is 3.36. The van der Waals surface area contributed by atoms with Gasteiger partial charge in [0.2, 0.25) is 0 Å². The Kier molecular flexibility index (Phi) is 1.27. The molecule has 2 bridgehead atoms. The van der Waals surface area contributed by atoms with Gasteiger partial charge in [0.25, 0.3) is 0 Å². The zero-order valence-electron chi connectivity index (χ0n) is 5.96. The Balaban J connectivity index is 2.21. The predicted molar refractivity (Wildman–Crippen MR) is 39.1 cm³/mol. The lowest BCUT2D eigenvalue weighted by molar-refractivity contribution is 0.269. The highest BCUT2D eigenvalue weighted by molar-refractivity contribution is 5.10. The fraction of sp³-hybridized carbons (Fsp3) is 0.667. The van der Waals surface area contributed by atoms with Gasteiger partial charge in [-0.15, -0.1) is 0 Å². The maximum absolute atomic E-state index is 8.73. The number of hydrogen-bond acceptors (Lipinski definition) is 1. The SMILES string of the molecule is N#C[C@@H]1C[C@H]2C=C[C@@H]1CC2. The van der Waals surface area contributed by atoms with Gasteiger partial charge >= 0.3 is 0 Å². The molecular weight excluding hydrogens is 122 g/mol. The van der Waals surface area contributed by atoms with Crippen LogP contribution in [-0.2, 0) is 0 Å². The molecule has 0 aromatic carbocycles. The fourth-order valence-electron chi connectivity index (χ4n) is 2.08. The predicted octanol–water partition coefficient (Wildman–Crippen LogP) is 2.11. The first-order valence-electron chi connectivity index (χ1n) is 3.98. The van der Waals surface area contributed by atoms with Crippen molar-refractivity contribution in [3.05, 3.63) is 12.2 Å². The van der Waals surface area contributed by atoms with E-state index in [1.54, 1.807) is 0 Å². The summed E-state index contributed by atoms with van der Waals surface area (Å²) in [5.74, 6) is 1.66. The molecule has 3 aliphatic rings. The number of nitrogens with zero attached hydrogens (tertiary/aromatic N) is 1. The van der Waals surface area contributed by atoms with E-state index in [1.165, 1.54) is 12.8 Å². The summed E-state index contributed by atoms with van der Waals surface area (Å²) in [5.41, 5.74) is 0. The van der Waals surface area contributed by atoms with Crippen LogP contribution < -0.4 is 0 Å². The molecule has 0 aliphatic heterocycles. The van der Waals surface area contributed by atoms with Crippen LogP contribution in [0.25, 0.3) is 0 Å². The normalized spacial score (nSPS) is 43.3. The molecule has 1 nitrogen and oxygen atoms in total. The molecule has 0 amide bonds. The van der Waals surface area contributed by atoms with Crippen LogP contribution in [0.4, 0.5) is 0 Å². The third-order valence-corrected chi connectivity index (χ3v) is 2.74. The summed E-state index contributed by atoms with van der Waals surface area (Å²) in [6.07, 6.45) is 8.23. The largest absolute Gasteiger partial charge is 0.198 e. The molecule has 3 rings (SSSR count). The molecule has 0 unspecified atom stereocenters. The van der Waals surface area contributed by atoms with Gasteiger partial charge in [-0.2, -0.15) is 5.26 Å². The number of allylic oxidation sites excluding steroid dienone is 2. The standard InChI is InChI=1S/C9H11N/c10-6-9-5-7-1-3-8(9)4-2-7/h1,3,7-9H,2,4-5H2/t7-,8+,9-/m0/s1. The Labute approximate surface area is 61.4 Å². The molecule has 1 heteroatoms. The van der Waals surface area contributed by atoms with E-state index in [0.717, 1.165) is 12.3 Å². The quantitative estimate of drug-likeness (QED) is 0.464. The van der Waals surface area contributed by atoms with Gasteiger partial charge in [-0.3, -0.25) is 0 Å². The summed E-state index contributed by atoms with van der Waals surface area (Å²) in [4.78, 5) is 0. The first kappa shape index (κ1) is 5.97. The van der Waals surface area contributed by atoms with E-state index >= 15 is 0 Å². The zero-order chi connectivity index (χ0) is 6.97. The van der Waals surface area contributed by atoms with Crippen LogP contribution in [0.15, 0.2) is 12.2 Å². The Morgan fingerprint density at radius 1 is 1.30 bits per heavy atom. The number of hydrogen-bond donors (Lipinski definition) is 0. The molecule has 10 heavy (non-hydrogen) atoms. The lowest BCUT2D eigenvalue weighted by Crippen LogP contribution is -2.25. The summed E-state index contributed by atoms with van der Waals surface area (Å²) in [5, 5.41) is 8.73. The van der Waals surface area contributed by atoms with Gasteiger partial charge in [-0.05, 0) is 31.1 Å². The highest BCUT2D eigenvalue weighted by Gasteiger charge is 2.31. The Morgan fingerprint density at radius 2 is 2.20 bits per heavy atom. The fourth-order valence-corrected chi connectivity index (χ4v) is 2.08. The summed E-state index contributed by atoms with van der Waals surface area (Å²) in [6.45, 7) is 0. The maximum atomic E-state index is 8.73. The Morgan fingerprint density at radius 3 is 2.50 bits per heavy atom. The van der Waals surface area contributed by atoms with E-state index in [1.807, 2.05) is 0 Å². The Hall–Kier alpha value is -0.770. The highest BCUT2D eigenvalue weighted by atomic mass is 14.4. The second kappa shape index (κ2) is 2.12. The molecule has 3 aliphatic carbocycles. The monoisotopic (exact) mass is 133 g/mol. The van der Waals surface area contributed by atoms with E-state index < -0.39 is 0 Å². The molecule has 0 heterocycles. The van der Waals surface area contributed by atoms with Crippen molar-refractivity contribution < 1.29 is 0 Å². The van der Waals surface area contributed by atoms with Crippen LogP contribution in [0.2, 0.25) is 0 Å². The second-order valence-electron chi connectivity index (χ2n) is 3.36. The van der Waals surface area contributed by atoms with Crippen LogP contribution in [-0.4, -0.2) is 0 Å². The molecule has 1 saturated carbocycles. The molecule has 0 N–H and O–H groups in total. The molecule has 3 atom stereocenters. The smallest absolute Gasteiger partial charge is 0.0662 e. The number of rotatable bonds is 0. The van der Waals surface area contributed by atoms with Crippen LogP contribution in [0.3, 0.4) is 0 Å². The van der Waals surface area contributed by atoms with Crippen LogP contribution in [0, 0.1) is 29.1 Å². The van der Waals surface area contributed by atoms with Crippen molar-refractivity contribution in [1.29, 1.82) is 5.26 Å². The highest BCUT2D eigenvalue weighted by Crippen LogP contribution is 2.39. The van der Waals surface area contributed by atoms with Crippen molar-refractivity contribution in [2.45, 2.75) is 19.3 Å². The van der Waals surface area contributed by atoms with Gasteiger partial charge in [0.1, 0.15) is 0 Å². The lowest BCUT2D eigenvalue weighted by Gasteiger charge is -2.33. The van der Waals surface area contributed by atoms with Gasteiger partial charge in [0, 0.05) is 0 Å². The van der Waals surface area contributed by atoms with Gasteiger partial charge in [0.15, 0.2) is 0 Å². The third kappa shape index (κ3) is 0.759. The molecule has 0 aromatic heterocycles. The summed E-state index contributed by atoms with van der Waals surface area (Å²) >= 11 is 0. The van der Waals surface area contributed by atoms with Gasteiger partial charge in [-0.1, -0.05) is 12.2 Å². The minimum Gasteiger partial charge on any atom is -0.198 e. The number of nitriles is 1. The topological polar surface area (TPSA) is 23.8 Å². The van der Waals surface area contributed by atoms with Crippen LogP contribution in [0.5, 0.6) is 0 Å². The van der Waals surface area contributed by atoms with Crippen molar-refractivity contribution >= 4 is 0 Å². The van der Waals surface area contributed by atoms with E-state index in [4.69, 9.17) is 5.26 Å². The first-order valence-corrected chi connectivity index (χ1v) is 3.98. The van der Waals surface area contributed by atoms with Gasteiger partial charge in [0.05, 0.1) is 12.0 Å². The van der Waals surface area contributed by atoms with Crippen molar-refractivity contribution in [2.75, 3.05) is 0 Å². The third-order valence-electron chi connectivity index (χ3n) is 2.74. The molecule has 52 valence electrons. The van der Waals surface area contributed by atoms with Crippen LogP contribution >= 0.6 is 0 Å². The van der Waals surface area contributed by atoms with E-state index in [-0.39, 0.29) is 0 Å². The molecular formula is C9H11N. The summed E-state index contributed by atoms with van der Waals surface area (Å²) in [6, 6.07) is 2.38. The van der Waals surface area contributed by atoms with Gasteiger partial charge < -0.3 is 0 Å². The van der Waals surface area contributed by atoms with E-state index in [9.17, 15) is 0 Å². The molecule has 0 spiro atoms. The van der Waals surface area contributed by atoms with Crippen molar-refractivity contribution in [3.63, 3.8) is 0 Å². The average molecular weight is 133 g/mol. The molecule has 0 aromatic rings. The van der Waals surface area contributed by atoms with Gasteiger partial charge in [-0.25, -0.2) is 0 Å². The van der Waals surface area contributed by atoms with E-state index in [2.05, 4.69) is 18.2 Å². The summed E-state index contributed by atoms with van der Waals surface area (Å²) < 4.78 is 0. The minimum atomic E-state index is 0.337. The molecule has 0 saturated heterocycles. The molecule has 0 radical (unpaired) electrons. The maximum Gasteiger partial charge on any atom is 0.0662 e. The van der Waals surface area contributed by atoms with Crippen molar-refractivity contribution in [2.24, 2.45) is 17.8 Å². The first-order chi connectivity index (χ1) is 4.90. The Bertz CT molecular complexity index is 199. The zero-order valence-corrected chi connectivity index (χ0v) is 5.96.